The Morgan fingerprint density at radius 2 is 1.04 bits per heavy atom. The lowest BCUT2D eigenvalue weighted by Crippen LogP contribution is -3.11. The van der Waals surface area contributed by atoms with Gasteiger partial charge >= 0.3 is 12.1 Å². The molecule has 2 saturated heterocycles. The maximum atomic E-state index is 13.0. The zero-order valence-corrected chi connectivity index (χ0v) is 54.2. The number of aliphatic hydroxyl groups is 2. The standard InChI is InChI=1S/C38H62O4.C27H22N4O5.C6H15N/c1-14-35(6,7)27-22-29(33(41-20-18-39)31(24-27)37(10,11)16-3)26(5)30-23-28(36(8,9)15-2)25-32(38(12,13)17-4)34(30)42-21-19-40;1-17(13-15-21-18(2)28-26(35)30(24(21)33)19-9-5-3-6-10-19)14-16-22-23(32)29-27(36)31(25(22)34)20-11-7-4-8-12-20;1-4-7(5-2)6-3/h22-26,39-40H,14-21H2,1-13H3;3-16,21H,2H2,1H3,(H,28,35)(H,29,32,36);4-6H2,1-3H3/p+1/b;15-13+,17-14+,22-16-;. The van der Waals surface area contributed by atoms with E-state index in [9.17, 15) is 34.2 Å². The van der Waals surface area contributed by atoms with Crippen LogP contribution >= 0.6 is 0 Å². The molecule has 2 aliphatic heterocycles. The number of allylic oxidation sites excluding steroid dienone is 4. The van der Waals surface area contributed by atoms with Crippen LogP contribution in [0, 0.1) is 5.92 Å². The second-order valence-electron chi connectivity index (χ2n) is 24.5. The van der Waals surface area contributed by atoms with Gasteiger partial charge < -0.3 is 29.9 Å². The predicted octanol–water partition coefficient (Wildman–Crippen LogP) is 12.8. The molecule has 0 radical (unpaired) electrons. The molecule has 0 bridgehead atoms. The van der Waals surface area contributed by atoms with Crippen molar-refractivity contribution in [3.63, 3.8) is 0 Å². The molecule has 462 valence electrons. The third-order valence-corrected chi connectivity index (χ3v) is 17.4. The van der Waals surface area contributed by atoms with Gasteiger partial charge in [0.25, 0.3) is 11.8 Å². The van der Waals surface area contributed by atoms with Crippen molar-refractivity contribution >= 4 is 41.2 Å². The number of quaternary nitrogens is 1. The van der Waals surface area contributed by atoms with Crippen molar-refractivity contribution in [3.8, 4) is 11.5 Å². The summed E-state index contributed by atoms with van der Waals surface area (Å²) >= 11 is 0. The fourth-order valence-electron chi connectivity index (χ4n) is 9.74. The zero-order chi connectivity index (χ0) is 63.6. The highest BCUT2D eigenvalue weighted by Crippen LogP contribution is 2.49. The van der Waals surface area contributed by atoms with Gasteiger partial charge in [-0.05, 0) is 117 Å². The second kappa shape index (κ2) is 31.3. The maximum absolute atomic E-state index is 13.0. The number of hydrogen-bond acceptors (Lipinski definition) is 9. The summed E-state index contributed by atoms with van der Waals surface area (Å²) in [5.74, 6) is -1.12. The molecule has 14 heteroatoms. The average molecular weight is 1170 g/mol. The van der Waals surface area contributed by atoms with Gasteiger partial charge in [0.2, 0.25) is 5.91 Å². The van der Waals surface area contributed by atoms with E-state index in [2.05, 4.69) is 152 Å². The minimum atomic E-state index is -0.826. The van der Waals surface area contributed by atoms with E-state index in [0.29, 0.717) is 16.9 Å². The van der Waals surface area contributed by atoms with Crippen LogP contribution in [-0.4, -0.2) is 86.1 Å². The molecule has 5 N–H and O–H groups in total. The van der Waals surface area contributed by atoms with E-state index in [1.54, 1.807) is 84.6 Å². The first-order chi connectivity index (χ1) is 40.1. The van der Waals surface area contributed by atoms with Crippen molar-refractivity contribution < 1.29 is 48.6 Å². The van der Waals surface area contributed by atoms with Gasteiger partial charge in [-0.15, -0.1) is 0 Å². The molecule has 4 aromatic rings. The number of barbiturate groups is 1. The lowest BCUT2D eigenvalue weighted by atomic mass is 9.71. The van der Waals surface area contributed by atoms with Crippen LogP contribution < -0.4 is 34.8 Å². The number of hydrogen-bond donors (Lipinski definition) is 5. The minimum Gasteiger partial charge on any atom is -0.491 e. The lowest BCUT2D eigenvalue weighted by molar-refractivity contribution is -0.894. The molecule has 0 aromatic heterocycles. The fourth-order valence-corrected chi connectivity index (χ4v) is 9.74. The molecule has 4 aromatic carbocycles. The Bertz CT molecular complexity index is 2940. The van der Waals surface area contributed by atoms with Crippen molar-refractivity contribution in [1.29, 1.82) is 0 Å². The first-order valence-electron chi connectivity index (χ1n) is 30.5. The van der Waals surface area contributed by atoms with E-state index in [4.69, 9.17) is 9.47 Å². The Kier molecular flexibility index (Phi) is 25.9. The van der Waals surface area contributed by atoms with Crippen molar-refractivity contribution in [2.75, 3.05) is 55.9 Å². The van der Waals surface area contributed by atoms with Crippen LogP contribution in [0.5, 0.6) is 11.5 Å². The Labute approximate surface area is 508 Å². The maximum Gasteiger partial charge on any atom is 0.335 e. The second-order valence-corrected chi connectivity index (χ2v) is 24.5. The third kappa shape index (κ3) is 17.5. The number of carbonyl (C=O) groups excluding carboxylic acids is 5. The molecule has 0 spiro atoms. The average Bonchev–Trinajstić information content (AvgIpc) is 1.14. The van der Waals surface area contributed by atoms with Crippen LogP contribution in [0.25, 0.3) is 0 Å². The van der Waals surface area contributed by atoms with Crippen molar-refractivity contribution in [1.82, 2.24) is 10.6 Å². The Morgan fingerprint density at radius 1 is 0.624 bits per heavy atom. The van der Waals surface area contributed by atoms with Crippen LogP contribution in [0.2, 0.25) is 0 Å². The monoisotopic (exact) mass is 1170 g/mol. The number of rotatable bonds is 24. The van der Waals surface area contributed by atoms with Crippen LogP contribution in [0.4, 0.5) is 21.0 Å². The van der Waals surface area contributed by atoms with Gasteiger partial charge in [-0.1, -0.05) is 181 Å². The van der Waals surface area contributed by atoms with E-state index < -0.39 is 35.7 Å². The van der Waals surface area contributed by atoms with Gasteiger partial charge in [-0.2, -0.15) is 0 Å². The van der Waals surface area contributed by atoms with Crippen LogP contribution in [0.1, 0.15) is 183 Å². The normalized spacial score (nSPS) is 15.9. The smallest absolute Gasteiger partial charge is 0.335 e. The van der Waals surface area contributed by atoms with E-state index in [-0.39, 0.29) is 65.3 Å². The first kappa shape index (κ1) is 70.4. The molecular formula is C71H100N5O9+. The van der Waals surface area contributed by atoms with Crippen molar-refractivity contribution in [2.45, 2.75) is 171 Å². The van der Waals surface area contributed by atoms with Crippen LogP contribution in [0.15, 0.2) is 133 Å². The SMILES string of the molecule is C=C1NC(=O)N(c2ccccc2)C(=O)C1/C=C/C(C)=C/C=C1/C(=O)NC(=O)N(c2ccccc2)C1=O.CCC(C)(C)c1cc(C(C)c2cc(C(C)(C)CC)cc(C(C)(C)CC)c2OCCO)c(OCCO)c(C(C)(C)CC)c1.CC[NH+](CC)CC. The lowest BCUT2D eigenvalue weighted by Gasteiger charge is -2.35. The van der Waals surface area contributed by atoms with Crippen LogP contribution in [-0.2, 0) is 36.0 Å². The van der Waals surface area contributed by atoms with E-state index in [1.165, 1.54) is 54.0 Å². The summed E-state index contributed by atoms with van der Waals surface area (Å²) in [4.78, 5) is 66.5. The number of ether oxygens (including phenoxy) is 2. The highest BCUT2D eigenvalue weighted by Gasteiger charge is 2.39. The largest absolute Gasteiger partial charge is 0.491 e. The quantitative estimate of drug-likeness (QED) is 0.0259. The van der Waals surface area contributed by atoms with E-state index in [1.807, 2.05) is 0 Å². The molecular weight excluding hydrogens is 1070 g/mol. The Balaban J connectivity index is 0.000000330. The zero-order valence-electron chi connectivity index (χ0n) is 54.2. The fraction of sp³-hybridized carbons (Fsp3) is 0.479. The van der Waals surface area contributed by atoms with Gasteiger partial charge in [0.1, 0.15) is 30.3 Å². The van der Waals surface area contributed by atoms with Crippen molar-refractivity contribution in [3.05, 3.63) is 166 Å². The first-order valence-corrected chi connectivity index (χ1v) is 30.5. The number of imide groups is 3. The number of nitrogens with one attached hydrogen (secondary N) is 3. The highest BCUT2D eigenvalue weighted by atomic mass is 16.5. The summed E-state index contributed by atoms with van der Waals surface area (Å²) in [5, 5.41) is 24.4. The summed E-state index contributed by atoms with van der Waals surface area (Å²) in [6.07, 6.45) is 10.00. The molecule has 7 amide bonds. The summed E-state index contributed by atoms with van der Waals surface area (Å²) in [6, 6.07) is 24.8. The summed E-state index contributed by atoms with van der Waals surface area (Å²) < 4.78 is 13.0. The summed E-state index contributed by atoms with van der Waals surface area (Å²) in [6.45, 7) is 46.0. The molecule has 2 heterocycles. The minimum absolute atomic E-state index is 0.0137. The van der Waals surface area contributed by atoms with Crippen LogP contribution in [0.3, 0.4) is 0 Å². The van der Waals surface area contributed by atoms with Gasteiger partial charge in [0, 0.05) is 33.9 Å². The summed E-state index contributed by atoms with van der Waals surface area (Å²) in [7, 11) is 0. The highest BCUT2D eigenvalue weighted by molar-refractivity contribution is 6.37. The molecule has 2 aliphatic rings. The number of benzene rings is 4. The third-order valence-electron chi connectivity index (χ3n) is 17.4. The molecule has 2 fully saturated rings. The van der Waals surface area contributed by atoms with E-state index >= 15 is 0 Å². The molecule has 0 saturated carbocycles. The number of aliphatic hydroxyl groups excluding tert-OH is 2. The van der Waals surface area contributed by atoms with Crippen molar-refractivity contribution in [2.24, 2.45) is 5.92 Å². The number of anilines is 2. The topological polar surface area (TPSA) is 179 Å². The van der Waals surface area contributed by atoms with Gasteiger partial charge in [-0.3, -0.25) is 19.7 Å². The number of amides is 7. The Hall–Kier alpha value is -7.13. The van der Waals surface area contributed by atoms with Gasteiger partial charge in [-0.25, -0.2) is 19.4 Å². The van der Waals surface area contributed by atoms with Gasteiger partial charge in [0.05, 0.1) is 50.1 Å². The molecule has 85 heavy (non-hydrogen) atoms. The summed E-state index contributed by atoms with van der Waals surface area (Å²) in [5.41, 5.74) is 8.37. The van der Waals surface area contributed by atoms with Gasteiger partial charge in [0.15, 0.2) is 0 Å². The van der Waals surface area contributed by atoms with E-state index in [0.717, 1.165) is 58.1 Å². The number of nitrogens with zero attached hydrogens (tertiary/aromatic N) is 2. The number of carbonyl (C=O) groups is 5. The molecule has 1 atom stereocenters. The number of urea groups is 2. The molecule has 14 nitrogen and oxygen atoms in total. The molecule has 0 aliphatic carbocycles. The molecule has 1 unspecified atom stereocenters. The predicted molar refractivity (Wildman–Crippen MR) is 345 cm³/mol. The Morgan fingerprint density at radius 3 is 1.42 bits per heavy atom. The molecule has 6 rings (SSSR count). The number of para-hydroxylation sites is 2.